The van der Waals surface area contributed by atoms with Crippen molar-refractivity contribution in [2.24, 2.45) is 5.41 Å². The molecular weight excluding hydrogens is 290 g/mol. The molecule has 124 valence electrons. The van der Waals surface area contributed by atoms with Crippen LogP contribution in [0.25, 0.3) is 5.69 Å². The van der Waals surface area contributed by atoms with Crippen molar-refractivity contribution < 1.29 is 9.90 Å². The van der Waals surface area contributed by atoms with Crippen LogP contribution in [0.4, 0.5) is 0 Å². The number of aromatic nitrogens is 2. The van der Waals surface area contributed by atoms with E-state index in [1.165, 1.54) is 0 Å². The Balaban J connectivity index is 2.17. The summed E-state index contributed by atoms with van der Waals surface area (Å²) in [6.45, 7) is 8.04. The maximum Gasteiger partial charge on any atom is 0.254 e. The van der Waals surface area contributed by atoms with E-state index in [0.29, 0.717) is 12.0 Å². The summed E-state index contributed by atoms with van der Waals surface area (Å²) in [5, 5.41) is 17.2. The fraction of sp³-hybridized carbons (Fsp3) is 0.444. The number of hydrogen-bond acceptors (Lipinski definition) is 3. The fourth-order valence-electron chi connectivity index (χ4n) is 2.29. The van der Waals surface area contributed by atoms with Gasteiger partial charge in [0, 0.05) is 6.54 Å². The van der Waals surface area contributed by atoms with E-state index in [1.807, 2.05) is 58.0 Å². The molecule has 0 aliphatic heterocycles. The summed E-state index contributed by atoms with van der Waals surface area (Å²) in [7, 11) is 0. The molecule has 0 fully saturated rings. The lowest BCUT2D eigenvalue weighted by Gasteiger charge is -2.25. The topological polar surface area (TPSA) is 67.2 Å². The predicted molar refractivity (Wildman–Crippen MR) is 90.7 cm³/mol. The first-order valence-corrected chi connectivity index (χ1v) is 7.93. The second-order valence-electron chi connectivity index (χ2n) is 6.70. The Labute approximate surface area is 137 Å². The van der Waals surface area contributed by atoms with Crippen molar-refractivity contribution in [1.29, 1.82) is 0 Å². The van der Waals surface area contributed by atoms with E-state index in [-0.39, 0.29) is 17.9 Å². The first kappa shape index (κ1) is 17.2. The van der Waals surface area contributed by atoms with E-state index in [9.17, 15) is 9.90 Å². The first-order chi connectivity index (χ1) is 10.8. The van der Waals surface area contributed by atoms with E-state index in [1.54, 1.807) is 10.9 Å². The average Bonchev–Trinajstić information content (AvgIpc) is 2.96. The van der Waals surface area contributed by atoms with Gasteiger partial charge in [-0.1, -0.05) is 45.9 Å². The molecule has 0 saturated heterocycles. The van der Waals surface area contributed by atoms with Crippen LogP contribution >= 0.6 is 0 Å². The molecule has 0 aliphatic carbocycles. The maximum atomic E-state index is 12.4. The molecule has 2 aromatic rings. The zero-order valence-electron chi connectivity index (χ0n) is 14.2. The number of hydrogen-bond donors (Lipinski definition) is 2. The standard InChI is InChI=1S/C18H25N3O2/c1-5-15-14(17(23)19-12-16(22)18(2,3)4)11-20-21(15)13-9-7-6-8-10-13/h6-11,16,22H,5,12H2,1-4H3,(H,19,23). The number of rotatable bonds is 5. The van der Waals surface area contributed by atoms with Crippen molar-refractivity contribution in [3.8, 4) is 5.69 Å². The minimum Gasteiger partial charge on any atom is -0.391 e. The molecule has 1 aromatic heterocycles. The molecule has 1 amide bonds. The lowest BCUT2D eigenvalue weighted by Crippen LogP contribution is -2.39. The molecule has 5 heteroatoms. The van der Waals surface area contributed by atoms with Crippen LogP contribution in [-0.2, 0) is 6.42 Å². The summed E-state index contributed by atoms with van der Waals surface area (Å²) in [4.78, 5) is 12.4. The third-order valence-electron chi connectivity index (χ3n) is 3.90. The van der Waals surface area contributed by atoms with Gasteiger partial charge >= 0.3 is 0 Å². The Morgan fingerprint density at radius 1 is 1.30 bits per heavy atom. The number of amides is 1. The van der Waals surface area contributed by atoms with Crippen LogP contribution in [0.3, 0.4) is 0 Å². The lowest BCUT2D eigenvalue weighted by molar-refractivity contribution is 0.0586. The normalized spacial score (nSPS) is 12.9. The number of benzene rings is 1. The van der Waals surface area contributed by atoms with Gasteiger partial charge in [-0.2, -0.15) is 5.10 Å². The Hall–Kier alpha value is -2.14. The van der Waals surface area contributed by atoms with Gasteiger partial charge < -0.3 is 10.4 Å². The van der Waals surface area contributed by atoms with Crippen molar-refractivity contribution in [1.82, 2.24) is 15.1 Å². The summed E-state index contributed by atoms with van der Waals surface area (Å²) in [5.41, 5.74) is 2.07. The molecule has 1 heterocycles. The molecule has 0 bridgehead atoms. The van der Waals surface area contributed by atoms with Crippen molar-refractivity contribution >= 4 is 5.91 Å². The summed E-state index contributed by atoms with van der Waals surface area (Å²) in [5.74, 6) is -0.202. The van der Waals surface area contributed by atoms with Gasteiger partial charge in [0.2, 0.25) is 0 Å². The number of carbonyl (C=O) groups excluding carboxylic acids is 1. The third kappa shape index (κ3) is 3.99. The second-order valence-corrected chi connectivity index (χ2v) is 6.70. The number of nitrogens with zero attached hydrogens (tertiary/aromatic N) is 2. The van der Waals surface area contributed by atoms with Gasteiger partial charge in [0.15, 0.2) is 0 Å². The maximum absolute atomic E-state index is 12.4. The fourth-order valence-corrected chi connectivity index (χ4v) is 2.29. The Morgan fingerprint density at radius 2 is 1.96 bits per heavy atom. The molecule has 0 aliphatic rings. The van der Waals surface area contributed by atoms with E-state index in [2.05, 4.69) is 10.4 Å². The Morgan fingerprint density at radius 3 is 2.52 bits per heavy atom. The smallest absolute Gasteiger partial charge is 0.254 e. The molecule has 2 N–H and O–H groups in total. The zero-order chi connectivity index (χ0) is 17.0. The van der Waals surface area contributed by atoms with Crippen LogP contribution in [0, 0.1) is 5.41 Å². The number of aliphatic hydroxyl groups is 1. The third-order valence-corrected chi connectivity index (χ3v) is 3.90. The molecule has 0 spiro atoms. The van der Waals surface area contributed by atoms with E-state index in [0.717, 1.165) is 11.4 Å². The molecule has 1 unspecified atom stereocenters. The number of para-hydroxylation sites is 1. The molecule has 0 saturated carbocycles. The minimum atomic E-state index is -0.597. The van der Waals surface area contributed by atoms with Crippen molar-refractivity contribution in [3.63, 3.8) is 0 Å². The monoisotopic (exact) mass is 315 g/mol. The van der Waals surface area contributed by atoms with Gasteiger partial charge in [0.25, 0.3) is 5.91 Å². The summed E-state index contributed by atoms with van der Waals surface area (Å²) in [6, 6.07) is 9.74. The highest BCUT2D eigenvalue weighted by atomic mass is 16.3. The van der Waals surface area contributed by atoms with E-state index >= 15 is 0 Å². The highest BCUT2D eigenvalue weighted by Crippen LogP contribution is 2.19. The molecule has 1 atom stereocenters. The van der Waals surface area contributed by atoms with Gasteiger partial charge in [-0.15, -0.1) is 0 Å². The van der Waals surface area contributed by atoms with Crippen LogP contribution in [0.5, 0.6) is 0 Å². The molecular formula is C18H25N3O2. The minimum absolute atomic E-state index is 0.202. The van der Waals surface area contributed by atoms with E-state index < -0.39 is 6.10 Å². The first-order valence-electron chi connectivity index (χ1n) is 7.93. The largest absolute Gasteiger partial charge is 0.391 e. The molecule has 1 aromatic carbocycles. The van der Waals surface area contributed by atoms with E-state index in [4.69, 9.17) is 0 Å². The highest BCUT2D eigenvalue weighted by Gasteiger charge is 2.24. The van der Waals surface area contributed by atoms with Crippen molar-refractivity contribution in [2.75, 3.05) is 6.54 Å². The molecule has 5 nitrogen and oxygen atoms in total. The summed E-state index contributed by atoms with van der Waals surface area (Å²) >= 11 is 0. The second kappa shape index (κ2) is 6.96. The summed E-state index contributed by atoms with van der Waals surface area (Å²) in [6.07, 6.45) is 1.69. The van der Waals surface area contributed by atoms with Crippen LogP contribution in [0.1, 0.15) is 43.7 Å². The molecule has 0 radical (unpaired) electrons. The number of aliphatic hydroxyl groups excluding tert-OH is 1. The molecule has 23 heavy (non-hydrogen) atoms. The average molecular weight is 315 g/mol. The van der Waals surface area contributed by atoms with Gasteiger partial charge in [0.05, 0.1) is 29.2 Å². The quantitative estimate of drug-likeness (QED) is 0.891. The van der Waals surface area contributed by atoms with Gasteiger partial charge in [-0.25, -0.2) is 4.68 Å². The zero-order valence-corrected chi connectivity index (χ0v) is 14.2. The number of carbonyl (C=O) groups is 1. The summed E-state index contributed by atoms with van der Waals surface area (Å²) < 4.78 is 1.79. The van der Waals surface area contributed by atoms with Gasteiger partial charge in [-0.3, -0.25) is 4.79 Å². The predicted octanol–water partition coefficient (Wildman–Crippen LogP) is 2.57. The van der Waals surface area contributed by atoms with Crippen LogP contribution in [-0.4, -0.2) is 33.4 Å². The van der Waals surface area contributed by atoms with Crippen molar-refractivity contribution in [2.45, 2.75) is 40.2 Å². The molecule has 2 rings (SSSR count). The lowest BCUT2D eigenvalue weighted by atomic mass is 9.89. The Bertz CT molecular complexity index is 657. The van der Waals surface area contributed by atoms with Crippen molar-refractivity contribution in [3.05, 3.63) is 47.8 Å². The SMILES string of the molecule is CCc1c(C(=O)NCC(O)C(C)(C)C)cnn1-c1ccccc1. The van der Waals surface area contributed by atoms with Gasteiger partial charge in [0.1, 0.15) is 0 Å². The number of nitrogens with one attached hydrogen (secondary N) is 1. The Kier molecular flexibility index (Phi) is 5.21. The van der Waals surface area contributed by atoms with Crippen LogP contribution in [0.2, 0.25) is 0 Å². The van der Waals surface area contributed by atoms with Crippen LogP contribution in [0.15, 0.2) is 36.5 Å². The highest BCUT2D eigenvalue weighted by molar-refractivity contribution is 5.95. The van der Waals surface area contributed by atoms with Gasteiger partial charge in [-0.05, 0) is 24.0 Å². The van der Waals surface area contributed by atoms with Crippen LogP contribution < -0.4 is 5.32 Å².